The number of esters is 2. The minimum Gasteiger partial charge on any atom is -0.497 e. The van der Waals surface area contributed by atoms with Crippen LogP contribution in [0.1, 0.15) is 48.5 Å². The molecule has 0 N–H and O–H groups in total. The monoisotopic (exact) mass is 572 g/mol. The zero-order valence-corrected chi connectivity index (χ0v) is 23.8. The number of allylic oxidation sites excluding steroid dienone is 1. The standard InChI is InChI=1S/C31H28N2O7S/c1-5-38-29(35)21-9-7-8-20(16-21)24-15-14-23(40-24)17-25-28(34)33-27(19-10-12-22(37-4)13-11-19)26(30(36)39-6-2)18(3)32-31(33)41-25/h7-17,27H,5-6H2,1-4H3/b25-17-/t27-/m1/s1. The molecule has 0 radical (unpaired) electrons. The molecule has 0 fully saturated rings. The van der Waals surface area contributed by atoms with Gasteiger partial charge in [0.05, 0.1) is 47.7 Å². The van der Waals surface area contributed by atoms with Gasteiger partial charge >= 0.3 is 11.9 Å². The van der Waals surface area contributed by atoms with E-state index in [-0.39, 0.29) is 18.8 Å². The van der Waals surface area contributed by atoms with E-state index in [1.54, 1.807) is 76.4 Å². The zero-order chi connectivity index (χ0) is 29.1. The third-order valence-corrected chi connectivity index (χ3v) is 7.49. The molecule has 0 saturated heterocycles. The number of methoxy groups -OCH3 is 1. The summed E-state index contributed by atoms with van der Waals surface area (Å²) in [6.45, 7) is 5.70. The average molecular weight is 573 g/mol. The number of carbonyl (C=O) groups is 2. The van der Waals surface area contributed by atoms with Gasteiger partial charge in [0, 0.05) is 11.6 Å². The van der Waals surface area contributed by atoms with Crippen LogP contribution in [0.2, 0.25) is 0 Å². The van der Waals surface area contributed by atoms with E-state index in [1.165, 1.54) is 15.9 Å². The summed E-state index contributed by atoms with van der Waals surface area (Å²) in [5.74, 6) is 0.706. The predicted octanol–water partition coefficient (Wildman–Crippen LogP) is 4.24. The number of thiazole rings is 1. The van der Waals surface area contributed by atoms with Crippen molar-refractivity contribution in [1.82, 2.24) is 4.57 Å². The lowest BCUT2D eigenvalue weighted by molar-refractivity contribution is -0.139. The van der Waals surface area contributed by atoms with Gasteiger partial charge in [-0.1, -0.05) is 35.6 Å². The summed E-state index contributed by atoms with van der Waals surface area (Å²) < 4.78 is 23.7. The number of nitrogens with zero attached hydrogens (tertiary/aromatic N) is 2. The summed E-state index contributed by atoms with van der Waals surface area (Å²) in [6, 6.07) is 17.0. The van der Waals surface area contributed by atoms with Gasteiger partial charge in [0.25, 0.3) is 5.56 Å². The second-order valence-corrected chi connectivity index (χ2v) is 10.1. The largest absolute Gasteiger partial charge is 0.497 e. The maximum atomic E-state index is 13.8. The number of hydrogen-bond donors (Lipinski definition) is 0. The molecule has 3 heterocycles. The predicted molar refractivity (Wildman–Crippen MR) is 153 cm³/mol. The van der Waals surface area contributed by atoms with E-state index in [9.17, 15) is 14.4 Å². The lowest BCUT2D eigenvalue weighted by atomic mass is 9.96. The smallest absolute Gasteiger partial charge is 0.338 e. The molecule has 5 rings (SSSR count). The van der Waals surface area contributed by atoms with Crippen molar-refractivity contribution in [3.63, 3.8) is 0 Å². The van der Waals surface area contributed by atoms with Crippen LogP contribution >= 0.6 is 11.3 Å². The van der Waals surface area contributed by atoms with Gasteiger partial charge < -0.3 is 18.6 Å². The van der Waals surface area contributed by atoms with Crippen molar-refractivity contribution in [3.05, 3.63) is 109 Å². The van der Waals surface area contributed by atoms with Crippen LogP contribution in [0.3, 0.4) is 0 Å². The highest BCUT2D eigenvalue weighted by Crippen LogP contribution is 2.31. The van der Waals surface area contributed by atoms with Gasteiger partial charge in [0.1, 0.15) is 17.3 Å². The van der Waals surface area contributed by atoms with Crippen molar-refractivity contribution < 1.29 is 28.2 Å². The minimum absolute atomic E-state index is 0.193. The fourth-order valence-electron chi connectivity index (χ4n) is 4.62. The van der Waals surface area contributed by atoms with Crippen molar-refractivity contribution >= 4 is 29.4 Å². The van der Waals surface area contributed by atoms with E-state index < -0.39 is 18.0 Å². The highest BCUT2D eigenvalue weighted by atomic mass is 32.1. The molecule has 0 spiro atoms. The topological polar surface area (TPSA) is 109 Å². The highest BCUT2D eigenvalue weighted by Gasteiger charge is 2.33. The molecule has 0 saturated carbocycles. The van der Waals surface area contributed by atoms with Crippen molar-refractivity contribution in [2.75, 3.05) is 20.3 Å². The van der Waals surface area contributed by atoms with Gasteiger partial charge in [-0.2, -0.15) is 0 Å². The Morgan fingerprint density at radius 2 is 1.76 bits per heavy atom. The Hall–Kier alpha value is -4.70. The molecular formula is C31H28N2O7S. The number of fused-ring (bicyclic) bond motifs is 1. The van der Waals surface area contributed by atoms with Crippen LogP contribution in [0.25, 0.3) is 17.4 Å². The Balaban J connectivity index is 1.57. The first kappa shape index (κ1) is 27.9. The van der Waals surface area contributed by atoms with E-state index >= 15 is 0 Å². The van der Waals surface area contributed by atoms with Gasteiger partial charge in [0.2, 0.25) is 0 Å². The molecule has 210 valence electrons. The summed E-state index contributed by atoms with van der Waals surface area (Å²) in [5, 5.41) is 0. The molecule has 0 amide bonds. The summed E-state index contributed by atoms with van der Waals surface area (Å²) in [7, 11) is 1.57. The lowest BCUT2D eigenvalue weighted by Crippen LogP contribution is -2.39. The molecule has 10 heteroatoms. The summed E-state index contributed by atoms with van der Waals surface area (Å²) in [5.41, 5.74) is 2.31. The normalized spacial score (nSPS) is 14.8. The number of carbonyl (C=O) groups excluding carboxylic acids is 2. The first-order valence-corrected chi connectivity index (χ1v) is 13.9. The highest BCUT2D eigenvalue weighted by molar-refractivity contribution is 7.07. The van der Waals surface area contributed by atoms with Gasteiger partial charge in [-0.3, -0.25) is 9.36 Å². The molecule has 41 heavy (non-hydrogen) atoms. The van der Waals surface area contributed by atoms with E-state index in [1.807, 2.05) is 18.2 Å². The SMILES string of the molecule is CCOC(=O)C1=C(C)N=c2s/c(=C\c3ccc(-c4cccc(C(=O)OCC)c4)o3)c(=O)n2[C@@H]1c1ccc(OC)cc1. The maximum absolute atomic E-state index is 13.8. The average Bonchev–Trinajstić information content (AvgIpc) is 3.57. The maximum Gasteiger partial charge on any atom is 0.338 e. The minimum atomic E-state index is -0.726. The zero-order valence-electron chi connectivity index (χ0n) is 23.0. The Kier molecular flexibility index (Phi) is 8.02. The Bertz CT molecular complexity index is 1830. The van der Waals surface area contributed by atoms with Gasteiger partial charge in [0.15, 0.2) is 4.80 Å². The van der Waals surface area contributed by atoms with Crippen LogP contribution in [0, 0.1) is 0 Å². The van der Waals surface area contributed by atoms with Gasteiger partial charge in [-0.15, -0.1) is 0 Å². The molecule has 0 bridgehead atoms. The van der Waals surface area contributed by atoms with Crippen LogP contribution in [0.5, 0.6) is 5.75 Å². The number of aromatic nitrogens is 1. The van der Waals surface area contributed by atoms with E-state index in [0.29, 0.717) is 49.0 Å². The molecule has 4 aromatic rings. The van der Waals surface area contributed by atoms with E-state index in [4.69, 9.17) is 18.6 Å². The first-order valence-electron chi connectivity index (χ1n) is 13.1. The summed E-state index contributed by atoms with van der Waals surface area (Å²) in [4.78, 5) is 44.1. The van der Waals surface area contributed by atoms with Crippen LogP contribution in [-0.2, 0) is 14.3 Å². The van der Waals surface area contributed by atoms with Crippen molar-refractivity contribution in [3.8, 4) is 17.1 Å². The number of ether oxygens (including phenoxy) is 3. The molecular weight excluding hydrogens is 544 g/mol. The second-order valence-electron chi connectivity index (χ2n) is 9.08. The van der Waals surface area contributed by atoms with Crippen LogP contribution in [0.4, 0.5) is 0 Å². The molecule has 0 unspecified atom stereocenters. The van der Waals surface area contributed by atoms with Crippen LogP contribution in [0.15, 0.2) is 86.1 Å². The number of furan rings is 1. The van der Waals surface area contributed by atoms with Gasteiger partial charge in [-0.25, -0.2) is 14.6 Å². The van der Waals surface area contributed by atoms with Crippen LogP contribution < -0.4 is 19.6 Å². The van der Waals surface area contributed by atoms with Gasteiger partial charge in [-0.05, 0) is 62.7 Å². The van der Waals surface area contributed by atoms with Crippen LogP contribution in [-0.4, -0.2) is 36.8 Å². The Labute approximate surface area is 239 Å². The van der Waals surface area contributed by atoms with Crippen molar-refractivity contribution in [2.24, 2.45) is 4.99 Å². The Morgan fingerprint density at radius 1 is 1.02 bits per heavy atom. The quantitative estimate of drug-likeness (QED) is 0.291. The van der Waals surface area contributed by atoms with Crippen molar-refractivity contribution in [2.45, 2.75) is 26.8 Å². The second kappa shape index (κ2) is 11.8. The summed E-state index contributed by atoms with van der Waals surface area (Å²) in [6.07, 6.45) is 1.65. The fraction of sp³-hybridized carbons (Fsp3) is 0.226. The molecule has 1 aliphatic heterocycles. The number of benzene rings is 2. The molecule has 2 aromatic heterocycles. The Morgan fingerprint density at radius 3 is 2.46 bits per heavy atom. The van der Waals surface area contributed by atoms with E-state index in [2.05, 4.69) is 4.99 Å². The number of hydrogen-bond acceptors (Lipinski definition) is 9. The lowest BCUT2D eigenvalue weighted by Gasteiger charge is -2.24. The first-order chi connectivity index (χ1) is 19.8. The third-order valence-electron chi connectivity index (χ3n) is 6.51. The third kappa shape index (κ3) is 5.51. The molecule has 1 atom stereocenters. The van der Waals surface area contributed by atoms with Crippen molar-refractivity contribution in [1.29, 1.82) is 0 Å². The number of rotatable bonds is 8. The molecule has 1 aliphatic rings. The molecule has 0 aliphatic carbocycles. The molecule has 2 aromatic carbocycles. The summed E-state index contributed by atoms with van der Waals surface area (Å²) >= 11 is 1.21. The fourth-order valence-corrected chi connectivity index (χ4v) is 5.65. The molecule has 9 nitrogen and oxygen atoms in total. The van der Waals surface area contributed by atoms with E-state index in [0.717, 1.165) is 5.56 Å².